The Hall–Kier alpha value is -1.72. The van der Waals surface area contributed by atoms with Gasteiger partial charge in [0.15, 0.2) is 0 Å². The van der Waals surface area contributed by atoms with Crippen molar-refractivity contribution < 1.29 is 9.13 Å². The maximum Gasteiger partial charge on any atom is 0.238 e. The van der Waals surface area contributed by atoms with Crippen LogP contribution in [0, 0.1) is 5.82 Å². The number of rotatable bonds is 5. The number of nitrogens with one attached hydrogen (secondary N) is 1. The van der Waals surface area contributed by atoms with Gasteiger partial charge in [-0.1, -0.05) is 18.5 Å². The van der Waals surface area contributed by atoms with E-state index in [1.165, 1.54) is 18.3 Å². The Morgan fingerprint density at radius 2 is 2.21 bits per heavy atom. The highest BCUT2D eigenvalue weighted by Gasteiger charge is 2.05. The molecule has 0 bridgehead atoms. The molecule has 1 N–H and O–H groups in total. The van der Waals surface area contributed by atoms with Gasteiger partial charge in [-0.15, -0.1) is 0 Å². The molecule has 2 rings (SSSR count). The zero-order valence-corrected chi connectivity index (χ0v) is 11.1. The van der Waals surface area contributed by atoms with Gasteiger partial charge in [0.1, 0.15) is 11.6 Å². The molecule has 0 saturated heterocycles. The molecule has 0 radical (unpaired) electrons. The van der Waals surface area contributed by atoms with Crippen LogP contribution in [0.4, 0.5) is 4.39 Å². The quantitative estimate of drug-likeness (QED) is 0.914. The molecular formula is C13H13ClFN3O. The lowest BCUT2D eigenvalue weighted by atomic mass is 10.3. The van der Waals surface area contributed by atoms with Crippen molar-refractivity contribution in [2.24, 2.45) is 0 Å². The molecule has 2 aromatic rings. The molecule has 0 aliphatic carbocycles. The SMILES string of the molecule is CCNCc1cncc(Oc2ccc(Cl)c(F)c2)n1. The van der Waals surface area contributed by atoms with E-state index in [0.29, 0.717) is 18.2 Å². The van der Waals surface area contributed by atoms with Gasteiger partial charge in [-0.3, -0.25) is 4.98 Å². The van der Waals surface area contributed by atoms with Crippen LogP contribution in [0.25, 0.3) is 0 Å². The molecule has 0 atom stereocenters. The number of benzene rings is 1. The summed E-state index contributed by atoms with van der Waals surface area (Å²) >= 11 is 5.60. The molecular weight excluding hydrogens is 269 g/mol. The highest BCUT2D eigenvalue weighted by atomic mass is 35.5. The van der Waals surface area contributed by atoms with Crippen LogP contribution in [0.5, 0.6) is 11.6 Å². The Kier molecular flexibility index (Phi) is 4.65. The molecule has 0 fully saturated rings. The van der Waals surface area contributed by atoms with Gasteiger partial charge in [0.2, 0.25) is 5.88 Å². The van der Waals surface area contributed by atoms with E-state index < -0.39 is 5.82 Å². The number of aromatic nitrogens is 2. The zero-order chi connectivity index (χ0) is 13.7. The normalized spacial score (nSPS) is 10.5. The zero-order valence-electron chi connectivity index (χ0n) is 10.4. The molecule has 1 aromatic carbocycles. The maximum atomic E-state index is 13.3. The van der Waals surface area contributed by atoms with Crippen LogP contribution in [0.1, 0.15) is 12.6 Å². The highest BCUT2D eigenvalue weighted by Crippen LogP contribution is 2.24. The van der Waals surface area contributed by atoms with Gasteiger partial charge in [-0.2, -0.15) is 0 Å². The summed E-state index contributed by atoms with van der Waals surface area (Å²) in [5.74, 6) is 0.116. The van der Waals surface area contributed by atoms with E-state index in [2.05, 4.69) is 15.3 Å². The predicted molar refractivity (Wildman–Crippen MR) is 70.9 cm³/mol. The minimum absolute atomic E-state index is 0.0549. The van der Waals surface area contributed by atoms with E-state index in [4.69, 9.17) is 16.3 Å². The van der Waals surface area contributed by atoms with E-state index in [0.717, 1.165) is 12.2 Å². The smallest absolute Gasteiger partial charge is 0.238 e. The second-order valence-electron chi connectivity index (χ2n) is 3.81. The highest BCUT2D eigenvalue weighted by molar-refractivity contribution is 6.30. The van der Waals surface area contributed by atoms with Gasteiger partial charge in [-0.05, 0) is 18.7 Å². The number of nitrogens with zero attached hydrogens (tertiary/aromatic N) is 2. The van der Waals surface area contributed by atoms with Crippen LogP contribution in [-0.2, 0) is 6.54 Å². The van der Waals surface area contributed by atoms with E-state index in [9.17, 15) is 4.39 Å². The number of ether oxygens (including phenoxy) is 1. The van der Waals surface area contributed by atoms with E-state index in [-0.39, 0.29) is 5.02 Å². The first kappa shape index (κ1) is 13.7. The van der Waals surface area contributed by atoms with Crippen LogP contribution >= 0.6 is 11.6 Å². The van der Waals surface area contributed by atoms with E-state index in [1.807, 2.05) is 6.92 Å². The Morgan fingerprint density at radius 1 is 1.37 bits per heavy atom. The fourth-order valence-corrected chi connectivity index (χ4v) is 1.55. The minimum Gasteiger partial charge on any atom is -0.437 e. The van der Waals surface area contributed by atoms with Crippen LogP contribution in [0.2, 0.25) is 5.02 Å². The monoisotopic (exact) mass is 281 g/mol. The Balaban J connectivity index is 2.11. The Bertz CT molecular complexity index is 565. The van der Waals surface area contributed by atoms with Crippen molar-refractivity contribution in [1.29, 1.82) is 0 Å². The number of hydrogen-bond donors (Lipinski definition) is 1. The molecule has 19 heavy (non-hydrogen) atoms. The summed E-state index contributed by atoms with van der Waals surface area (Å²) in [7, 11) is 0. The molecule has 4 nitrogen and oxygen atoms in total. The second kappa shape index (κ2) is 6.45. The van der Waals surface area contributed by atoms with Crippen molar-refractivity contribution in [3.8, 4) is 11.6 Å². The second-order valence-corrected chi connectivity index (χ2v) is 4.21. The molecule has 0 aliphatic heterocycles. The van der Waals surface area contributed by atoms with Gasteiger partial charge in [0, 0.05) is 18.8 Å². The molecule has 0 amide bonds. The number of halogens is 2. The molecule has 100 valence electrons. The summed E-state index contributed by atoms with van der Waals surface area (Å²) in [5, 5.41) is 3.19. The van der Waals surface area contributed by atoms with Crippen LogP contribution in [0.15, 0.2) is 30.6 Å². The largest absolute Gasteiger partial charge is 0.437 e. The Morgan fingerprint density at radius 3 is 2.95 bits per heavy atom. The topological polar surface area (TPSA) is 47.0 Å². The lowest BCUT2D eigenvalue weighted by Crippen LogP contribution is -2.13. The molecule has 1 heterocycles. The summed E-state index contributed by atoms with van der Waals surface area (Å²) in [6.07, 6.45) is 3.12. The van der Waals surface area contributed by atoms with Crippen molar-refractivity contribution in [2.45, 2.75) is 13.5 Å². The van der Waals surface area contributed by atoms with Crippen molar-refractivity contribution in [1.82, 2.24) is 15.3 Å². The molecule has 6 heteroatoms. The van der Waals surface area contributed by atoms with Gasteiger partial charge in [-0.25, -0.2) is 9.37 Å². The maximum absolute atomic E-state index is 13.3. The van der Waals surface area contributed by atoms with Crippen LogP contribution < -0.4 is 10.1 Å². The molecule has 0 unspecified atom stereocenters. The molecule has 1 aromatic heterocycles. The fraction of sp³-hybridized carbons (Fsp3) is 0.231. The van der Waals surface area contributed by atoms with E-state index >= 15 is 0 Å². The summed E-state index contributed by atoms with van der Waals surface area (Å²) < 4.78 is 18.7. The lowest BCUT2D eigenvalue weighted by Gasteiger charge is -2.06. The number of hydrogen-bond acceptors (Lipinski definition) is 4. The first-order valence-corrected chi connectivity index (χ1v) is 6.21. The average molecular weight is 282 g/mol. The van der Waals surface area contributed by atoms with Gasteiger partial charge in [0.05, 0.1) is 16.9 Å². The van der Waals surface area contributed by atoms with Crippen molar-refractivity contribution in [3.63, 3.8) is 0 Å². The summed E-state index contributed by atoms with van der Waals surface area (Å²) in [4.78, 5) is 8.28. The predicted octanol–water partition coefficient (Wildman–Crippen LogP) is 3.17. The van der Waals surface area contributed by atoms with Crippen molar-refractivity contribution >= 4 is 11.6 Å². The molecule has 0 saturated carbocycles. The first-order valence-electron chi connectivity index (χ1n) is 5.83. The average Bonchev–Trinajstić information content (AvgIpc) is 2.41. The first-order chi connectivity index (χ1) is 9.19. The van der Waals surface area contributed by atoms with Crippen LogP contribution in [-0.4, -0.2) is 16.5 Å². The lowest BCUT2D eigenvalue weighted by molar-refractivity contribution is 0.452. The fourth-order valence-electron chi connectivity index (χ4n) is 1.43. The van der Waals surface area contributed by atoms with E-state index in [1.54, 1.807) is 12.3 Å². The molecule has 0 aliphatic rings. The van der Waals surface area contributed by atoms with Gasteiger partial charge >= 0.3 is 0 Å². The van der Waals surface area contributed by atoms with Crippen molar-refractivity contribution in [2.75, 3.05) is 6.54 Å². The minimum atomic E-state index is -0.532. The third-order valence-electron chi connectivity index (χ3n) is 2.33. The summed E-state index contributed by atoms with van der Waals surface area (Å²) in [6.45, 7) is 3.45. The molecule has 0 spiro atoms. The van der Waals surface area contributed by atoms with Crippen molar-refractivity contribution in [3.05, 3.63) is 47.1 Å². The third kappa shape index (κ3) is 3.87. The standard InChI is InChI=1S/C13H13ClFN3O/c1-2-16-6-9-7-17-8-13(18-9)19-10-3-4-11(14)12(15)5-10/h3-5,7-8,16H,2,6H2,1H3. The van der Waals surface area contributed by atoms with Crippen LogP contribution in [0.3, 0.4) is 0 Å². The summed E-state index contributed by atoms with van der Waals surface area (Å²) in [5.41, 5.74) is 0.758. The third-order valence-corrected chi connectivity index (χ3v) is 2.64. The van der Waals surface area contributed by atoms with Gasteiger partial charge in [0.25, 0.3) is 0 Å². The summed E-state index contributed by atoms with van der Waals surface area (Å²) in [6, 6.07) is 4.22. The van der Waals surface area contributed by atoms with Gasteiger partial charge < -0.3 is 10.1 Å². The Labute approximate surface area is 115 Å².